The largest absolute Gasteiger partial charge is 0.393 e. The van der Waals surface area contributed by atoms with E-state index in [0.29, 0.717) is 25.9 Å². The number of quaternary nitrogens is 2. The molecule has 1 amide bonds. The lowest BCUT2D eigenvalue weighted by Gasteiger charge is -2.30. The van der Waals surface area contributed by atoms with Crippen LogP contribution in [0.1, 0.15) is 34.3 Å². The number of aliphatic hydroxyl groups is 1. The first kappa shape index (κ1) is 20.1. The maximum absolute atomic E-state index is 12.8. The zero-order valence-electron chi connectivity index (χ0n) is 17.1. The highest BCUT2D eigenvalue weighted by molar-refractivity contribution is 5.94. The van der Waals surface area contributed by atoms with Crippen LogP contribution in [-0.4, -0.2) is 61.3 Å². The van der Waals surface area contributed by atoms with E-state index in [-0.39, 0.29) is 12.0 Å². The van der Waals surface area contributed by atoms with E-state index in [9.17, 15) is 9.90 Å². The minimum absolute atomic E-state index is 0.103. The third-order valence-electron chi connectivity index (χ3n) is 6.34. The second-order valence-electron chi connectivity index (χ2n) is 8.56. The average Bonchev–Trinajstić information content (AvgIpc) is 2.76. The van der Waals surface area contributed by atoms with Crippen molar-refractivity contribution in [2.24, 2.45) is 0 Å². The minimum Gasteiger partial charge on any atom is -0.393 e. The number of amides is 1. The van der Waals surface area contributed by atoms with Crippen LogP contribution in [0.15, 0.2) is 54.6 Å². The fourth-order valence-electron chi connectivity index (χ4n) is 4.55. The van der Waals surface area contributed by atoms with Crippen molar-refractivity contribution >= 4 is 5.91 Å². The summed E-state index contributed by atoms with van der Waals surface area (Å²) >= 11 is 0. The van der Waals surface area contributed by atoms with Gasteiger partial charge in [0.15, 0.2) is 0 Å². The average molecular weight is 396 g/mol. The lowest BCUT2D eigenvalue weighted by molar-refractivity contribution is -1.02. The smallest absolute Gasteiger partial charge is 0.253 e. The number of piperazine rings is 1. The van der Waals surface area contributed by atoms with E-state index in [1.54, 1.807) is 9.80 Å². The predicted molar refractivity (Wildman–Crippen MR) is 113 cm³/mol. The van der Waals surface area contributed by atoms with Gasteiger partial charge in [-0.05, 0) is 25.0 Å². The van der Waals surface area contributed by atoms with E-state index in [1.807, 2.05) is 17.0 Å². The molecule has 0 aliphatic carbocycles. The Hall–Kier alpha value is -2.21. The van der Waals surface area contributed by atoms with E-state index in [0.717, 1.165) is 18.7 Å². The summed E-state index contributed by atoms with van der Waals surface area (Å²) < 4.78 is 0. The van der Waals surface area contributed by atoms with Gasteiger partial charge in [0.2, 0.25) is 0 Å². The van der Waals surface area contributed by atoms with Crippen LogP contribution in [0.2, 0.25) is 0 Å². The Kier molecular flexibility index (Phi) is 6.60. The number of hydrogen-bond acceptors (Lipinski definition) is 2. The van der Waals surface area contributed by atoms with Crippen molar-refractivity contribution in [2.45, 2.75) is 32.0 Å². The van der Waals surface area contributed by atoms with E-state index in [4.69, 9.17) is 0 Å². The summed E-state index contributed by atoms with van der Waals surface area (Å²) in [6.45, 7) is 8.14. The SMILES string of the molecule is O=C(c1cccc(C[NH+]2CC[NH+](Cc3ccccc3)CC2)c1)N1CCC(O)CC1. The Bertz CT molecular complexity index is 795. The van der Waals surface area contributed by atoms with Crippen molar-refractivity contribution in [3.63, 3.8) is 0 Å². The first-order valence-electron chi connectivity index (χ1n) is 10.9. The number of carbonyl (C=O) groups excluding carboxylic acids is 1. The van der Waals surface area contributed by atoms with E-state index in [2.05, 4.69) is 42.5 Å². The molecule has 3 N–H and O–H groups in total. The summed E-state index contributed by atoms with van der Waals surface area (Å²) in [5.74, 6) is 0.103. The van der Waals surface area contributed by atoms with Crippen molar-refractivity contribution in [2.75, 3.05) is 39.3 Å². The van der Waals surface area contributed by atoms with Gasteiger partial charge in [0.25, 0.3) is 5.91 Å². The van der Waals surface area contributed by atoms with E-state index < -0.39 is 0 Å². The molecule has 2 aliphatic heterocycles. The second kappa shape index (κ2) is 9.53. The molecule has 0 saturated carbocycles. The van der Waals surface area contributed by atoms with Gasteiger partial charge in [-0.2, -0.15) is 0 Å². The first-order valence-corrected chi connectivity index (χ1v) is 10.9. The molecule has 2 aromatic carbocycles. The van der Waals surface area contributed by atoms with Crippen LogP contribution in [0, 0.1) is 0 Å². The molecule has 2 fully saturated rings. The Morgan fingerprint density at radius 1 is 0.862 bits per heavy atom. The van der Waals surface area contributed by atoms with Crippen LogP contribution < -0.4 is 9.80 Å². The highest BCUT2D eigenvalue weighted by atomic mass is 16.3. The normalized spacial score (nSPS) is 23.1. The molecule has 0 aromatic heterocycles. The Morgan fingerprint density at radius 3 is 2.10 bits per heavy atom. The lowest BCUT2D eigenvalue weighted by Crippen LogP contribution is -3.27. The summed E-state index contributed by atoms with van der Waals surface area (Å²) in [5, 5.41) is 9.66. The number of benzene rings is 2. The fourth-order valence-corrected chi connectivity index (χ4v) is 4.55. The lowest BCUT2D eigenvalue weighted by atomic mass is 10.0. The topological polar surface area (TPSA) is 49.4 Å². The molecule has 2 heterocycles. The molecule has 0 atom stereocenters. The highest BCUT2D eigenvalue weighted by Gasteiger charge is 2.25. The number of nitrogens with zero attached hydrogens (tertiary/aromatic N) is 1. The molecule has 2 aromatic rings. The summed E-state index contributed by atoms with van der Waals surface area (Å²) in [6.07, 6.45) is 1.12. The zero-order chi connectivity index (χ0) is 20.1. The van der Waals surface area contributed by atoms with Crippen molar-refractivity contribution in [3.8, 4) is 0 Å². The van der Waals surface area contributed by atoms with Gasteiger partial charge in [-0.25, -0.2) is 0 Å². The minimum atomic E-state index is -0.253. The first-order chi connectivity index (χ1) is 14.2. The molecule has 5 nitrogen and oxygen atoms in total. The van der Waals surface area contributed by atoms with Gasteiger partial charge in [-0.15, -0.1) is 0 Å². The van der Waals surface area contributed by atoms with Crippen LogP contribution in [0.3, 0.4) is 0 Å². The van der Waals surface area contributed by atoms with E-state index in [1.165, 1.54) is 37.3 Å². The molecule has 0 spiro atoms. The molecule has 0 unspecified atom stereocenters. The Labute approximate surface area is 173 Å². The molecule has 5 heteroatoms. The van der Waals surface area contributed by atoms with Gasteiger partial charge in [-0.3, -0.25) is 4.79 Å². The third kappa shape index (κ3) is 5.44. The van der Waals surface area contributed by atoms with Crippen LogP contribution in [-0.2, 0) is 13.1 Å². The maximum Gasteiger partial charge on any atom is 0.253 e. The molecule has 0 radical (unpaired) electrons. The molecule has 4 rings (SSSR count). The van der Waals surface area contributed by atoms with Gasteiger partial charge in [0.05, 0.1) is 6.10 Å². The number of carbonyl (C=O) groups is 1. The molecule has 2 saturated heterocycles. The predicted octanol–water partition coefficient (Wildman–Crippen LogP) is -0.233. The van der Waals surface area contributed by atoms with Gasteiger partial charge >= 0.3 is 0 Å². The number of rotatable bonds is 5. The quantitative estimate of drug-likeness (QED) is 0.655. The van der Waals surface area contributed by atoms with Gasteiger partial charge in [-0.1, -0.05) is 42.5 Å². The highest BCUT2D eigenvalue weighted by Crippen LogP contribution is 2.14. The summed E-state index contributed by atoms with van der Waals surface area (Å²) in [6, 6.07) is 18.9. The maximum atomic E-state index is 12.8. The molecule has 154 valence electrons. The summed E-state index contributed by atoms with van der Waals surface area (Å²) in [4.78, 5) is 17.9. The van der Waals surface area contributed by atoms with Crippen molar-refractivity contribution < 1.29 is 19.7 Å². The van der Waals surface area contributed by atoms with E-state index >= 15 is 0 Å². The van der Waals surface area contributed by atoms with Crippen LogP contribution in [0.4, 0.5) is 0 Å². The molecular formula is C24H33N3O2+2. The van der Waals surface area contributed by atoms with Crippen molar-refractivity contribution in [1.82, 2.24) is 4.90 Å². The van der Waals surface area contributed by atoms with Crippen molar-refractivity contribution in [1.29, 1.82) is 0 Å². The zero-order valence-corrected chi connectivity index (χ0v) is 17.1. The van der Waals surface area contributed by atoms with Gasteiger partial charge < -0.3 is 19.8 Å². The number of likely N-dealkylation sites (tertiary alicyclic amines) is 1. The number of nitrogens with one attached hydrogen (secondary N) is 2. The number of piperidine rings is 1. The monoisotopic (exact) mass is 395 g/mol. The third-order valence-corrected chi connectivity index (χ3v) is 6.34. The van der Waals surface area contributed by atoms with Gasteiger partial charge in [0, 0.05) is 29.8 Å². The number of hydrogen-bond donors (Lipinski definition) is 3. The van der Waals surface area contributed by atoms with Gasteiger partial charge in [0.1, 0.15) is 39.3 Å². The van der Waals surface area contributed by atoms with Crippen molar-refractivity contribution in [3.05, 3.63) is 71.3 Å². The standard InChI is InChI=1S/C24H31N3O2/c28-23-9-11-27(12-10-23)24(29)22-8-4-7-21(17-22)19-26-15-13-25(14-16-26)18-20-5-2-1-3-6-20/h1-8,17,23,28H,9-16,18-19H2/p+2. The van der Waals surface area contributed by atoms with Crippen LogP contribution >= 0.6 is 0 Å². The fraction of sp³-hybridized carbons (Fsp3) is 0.458. The summed E-state index contributed by atoms with van der Waals surface area (Å²) in [5.41, 5.74) is 3.45. The molecule has 2 aliphatic rings. The van der Waals surface area contributed by atoms with Crippen LogP contribution in [0.5, 0.6) is 0 Å². The van der Waals surface area contributed by atoms with Crippen LogP contribution in [0.25, 0.3) is 0 Å². The number of aliphatic hydroxyl groups excluding tert-OH is 1. The Morgan fingerprint density at radius 2 is 1.45 bits per heavy atom. The summed E-state index contributed by atoms with van der Waals surface area (Å²) in [7, 11) is 0. The molecular weight excluding hydrogens is 362 g/mol. The Balaban J connectivity index is 1.29. The molecule has 0 bridgehead atoms. The molecule has 29 heavy (non-hydrogen) atoms. The second-order valence-corrected chi connectivity index (χ2v) is 8.56.